The summed E-state index contributed by atoms with van der Waals surface area (Å²) in [6.45, 7) is 11.6. The van der Waals surface area contributed by atoms with Crippen molar-refractivity contribution in [1.29, 1.82) is 0 Å². The zero-order valence-corrected chi connectivity index (χ0v) is 21.2. The normalized spacial score (nSPS) is 11.7. The Labute approximate surface area is 200 Å². The number of rotatable bonds is 6. The molecule has 3 aromatic rings. The van der Waals surface area contributed by atoms with E-state index in [1.54, 1.807) is 12.3 Å². The van der Waals surface area contributed by atoms with Gasteiger partial charge in [0.15, 0.2) is 0 Å². The van der Waals surface area contributed by atoms with Crippen molar-refractivity contribution in [3.63, 3.8) is 0 Å². The Balaban J connectivity index is 2.10. The second kappa shape index (κ2) is 9.42. The van der Waals surface area contributed by atoms with Crippen LogP contribution in [0.3, 0.4) is 0 Å². The number of pyridine rings is 2. The molecule has 0 aliphatic carbocycles. The highest BCUT2D eigenvalue weighted by Crippen LogP contribution is 2.35. The van der Waals surface area contributed by atoms with Crippen LogP contribution < -0.4 is 14.2 Å². The molecule has 0 spiro atoms. The van der Waals surface area contributed by atoms with Crippen molar-refractivity contribution in [3.8, 4) is 17.5 Å². The third kappa shape index (κ3) is 5.36. The van der Waals surface area contributed by atoms with Crippen LogP contribution in [0.1, 0.15) is 53.4 Å². The maximum absolute atomic E-state index is 13.4. The Morgan fingerprint density at radius 2 is 1.59 bits per heavy atom. The van der Waals surface area contributed by atoms with E-state index in [1.165, 1.54) is 25.4 Å². The third-order valence-electron chi connectivity index (χ3n) is 5.21. The average Bonchev–Trinajstić information content (AvgIpc) is 2.75. The number of nitrogens with one attached hydrogen (secondary N) is 1. The molecule has 0 aliphatic rings. The van der Waals surface area contributed by atoms with Crippen LogP contribution >= 0.6 is 0 Å². The summed E-state index contributed by atoms with van der Waals surface area (Å²) in [5.41, 5.74) is 3.00. The van der Waals surface area contributed by atoms with Gasteiger partial charge in [-0.2, -0.15) is 0 Å². The lowest BCUT2D eigenvalue weighted by atomic mass is 9.84. The lowest BCUT2D eigenvalue weighted by Gasteiger charge is -2.24. The smallest absolute Gasteiger partial charge is 0.270 e. The van der Waals surface area contributed by atoms with Crippen molar-refractivity contribution in [1.82, 2.24) is 14.7 Å². The topological polar surface area (TPSA) is 107 Å². The first-order valence-corrected chi connectivity index (χ1v) is 12.1. The number of ether oxygens (including phenoxy) is 2. The van der Waals surface area contributed by atoms with Crippen LogP contribution in [0.5, 0.6) is 17.5 Å². The first kappa shape index (κ1) is 25.2. The van der Waals surface area contributed by atoms with Crippen molar-refractivity contribution < 1.29 is 22.7 Å². The lowest BCUT2D eigenvalue weighted by Crippen LogP contribution is -2.33. The van der Waals surface area contributed by atoms with Gasteiger partial charge in [0.1, 0.15) is 11.3 Å². The van der Waals surface area contributed by atoms with Crippen molar-refractivity contribution in [2.24, 2.45) is 0 Å². The van der Waals surface area contributed by atoms with Gasteiger partial charge in [-0.05, 0) is 55.0 Å². The first-order chi connectivity index (χ1) is 15.8. The summed E-state index contributed by atoms with van der Waals surface area (Å²) in [7, 11) is -2.84. The van der Waals surface area contributed by atoms with Gasteiger partial charge in [0.25, 0.3) is 15.9 Å². The van der Waals surface area contributed by atoms with E-state index < -0.39 is 21.3 Å². The van der Waals surface area contributed by atoms with Gasteiger partial charge in [0.2, 0.25) is 11.8 Å². The first-order valence-electron chi connectivity index (χ1n) is 10.7. The van der Waals surface area contributed by atoms with Gasteiger partial charge in [0.05, 0.1) is 12.0 Å². The molecule has 0 atom stereocenters. The largest absolute Gasteiger partial charge is 0.481 e. The van der Waals surface area contributed by atoms with E-state index in [1.807, 2.05) is 53.7 Å². The number of aryl methyl sites for hydroxylation is 3. The van der Waals surface area contributed by atoms with E-state index in [0.717, 1.165) is 16.7 Å². The summed E-state index contributed by atoms with van der Waals surface area (Å²) < 4.78 is 39.3. The van der Waals surface area contributed by atoms with Crippen molar-refractivity contribution in [3.05, 3.63) is 70.5 Å². The number of hydrogen-bond donors (Lipinski definition) is 1. The molecule has 2 heterocycles. The highest BCUT2D eigenvalue weighted by molar-refractivity contribution is 7.90. The Kier molecular flexibility index (Phi) is 6.97. The van der Waals surface area contributed by atoms with Gasteiger partial charge >= 0.3 is 0 Å². The minimum absolute atomic E-state index is 0.0301. The zero-order chi connectivity index (χ0) is 25.3. The predicted octanol–water partition coefficient (Wildman–Crippen LogP) is 4.62. The van der Waals surface area contributed by atoms with Crippen molar-refractivity contribution in [2.45, 2.75) is 51.9 Å². The standard InChI is InChI=1S/C25H29N3O5S/c1-15-12-16(2)22(17(3)13-15)33-24-21(19(9-11-27-24)25(4,5)6)23(29)28-34(30,31)18-8-10-26-20(14-18)32-7/h8-14H,1-7H3,(H,28,29). The summed E-state index contributed by atoms with van der Waals surface area (Å²) in [6, 6.07) is 8.15. The number of hydrogen-bond acceptors (Lipinski definition) is 7. The molecular weight excluding hydrogens is 454 g/mol. The molecule has 34 heavy (non-hydrogen) atoms. The van der Waals surface area contributed by atoms with E-state index in [4.69, 9.17) is 9.47 Å². The summed E-state index contributed by atoms with van der Waals surface area (Å²) in [5, 5.41) is 0. The van der Waals surface area contributed by atoms with Gasteiger partial charge in [-0.25, -0.2) is 23.1 Å². The molecule has 180 valence electrons. The van der Waals surface area contributed by atoms with Gasteiger partial charge in [0, 0.05) is 18.5 Å². The Hall–Kier alpha value is -3.46. The van der Waals surface area contributed by atoms with Gasteiger partial charge < -0.3 is 9.47 Å². The number of amides is 1. The molecule has 1 aromatic carbocycles. The Bertz CT molecular complexity index is 1320. The Morgan fingerprint density at radius 1 is 0.971 bits per heavy atom. The number of carbonyl (C=O) groups excluding carboxylic acids is 1. The lowest BCUT2D eigenvalue weighted by molar-refractivity contribution is 0.0976. The molecule has 0 bridgehead atoms. The van der Waals surface area contributed by atoms with Crippen LogP contribution in [-0.2, 0) is 15.4 Å². The minimum Gasteiger partial charge on any atom is -0.481 e. The van der Waals surface area contributed by atoms with Gasteiger partial charge in [-0.15, -0.1) is 0 Å². The van der Waals surface area contributed by atoms with Crippen LogP contribution in [0.4, 0.5) is 0 Å². The molecule has 1 N–H and O–H groups in total. The number of carbonyl (C=O) groups is 1. The second-order valence-electron chi connectivity index (χ2n) is 9.09. The van der Waals surface area contributed by atoms with Crippen molar-refractivity contribution >= 4 is 15.9 Å². The summed E-state index contributed by atoms with van der Waals surface area (Å²) >= 11 is 0. The van der Waals surface area contributed by atoms with Crippen LogP contribution in [0.2, 0.25) is 0 Å². The molecule has 0 radical (unpaired) electrons. The highest BCUT2D eigenvalue weighted by Gasteiger charge is 2.30. The molecule has 0 fully saturated rings. The number of aromatic nitrogens is 2. The molecule has 8 nitrogen and oxygen atoms in total. The SMILES string of the molecule is COc1cc(S(=O)(=O)NC(=O)c2c(C(C)(C)C)ccnc2Oc2c(C)cc(C)cc2C)ccn1. The van der Waals surface area contributed by atoms with Crippen LogP contribution in [0.25, 0.3) is 0 Å². The fraction of sp³-hybridized carbons (Fsp3) is 0.320. The molecule has 0 aliphatic heterocycles. The minimum atomic E-state index is -4.22. The molecule has 9 heteroatoms. The van der Waals surface area contributed by atoms with Crippen LogP contribution in [-0.4, -0.2) is 31.4 Å². The number of benzene rings is 1. The van der Waals surface area contributed by atoms with Crippen LogP contribution in [0.15, 0.2) is 47.6 Å². The molecule has 2 aromatic heterocycles. The molecule has 0 unspecified atom stereocenters. The van der Waals surface area contributed by atoms with E-state index >= 15 is 0 Å². The summed E-state index contributed by atoms with van der Waals surface area (Å²) in [6.07, 6.45) is 2.84. The molecule has 3 rings (SSSR count). The van der Waals surface area contributed by atoms with Crippen LogP contribution in [0, 0.1) is 20.8 Å². The van der Waals surface area contributed by atoms with Gasteiger partial charge in [-0.1, -0.05) is 38.5 Å². The van der Waals surface area contributed by atoms with E-state index in [-0.39, 0.29) is 22.2 Å². The maximum Gasteiger partial charge on any atom is 0.270 e. The number of methoxy groups -OCH3 is 1. The molecular formula is C25H29N3O5S. The van der Waals surface area contributed by atoms with E-state index in [2.05, 4.69) is 14.7 Å². The molecule has 0 saturated heterocycles. The van der Waals surface area contributed by atoms with Crippen molar-refractivity contribution in [2.75, 3.05) is 7.11 Å². The number of nitrogens with zero attached hydrogens (tertiary/aromatic N) is 2. The highest BCUT2D eigenvalue weighted by atomic mass is 32.2. The number of sulfonamides is 1. The van der Waals surface area contributed by atoms with Gasteiger partial charge in [-0.3, -0.25) is 4.79 Å². The maximum atomic E-state index is 13.4. The predicted molar refractivity (Wildman–Crippen MR) is 129 cm³/mol. The zero-order valence-electron chi connectivity index (χ0n) is 20.4. The van der Waals surface area contributed by atoms with E-state index in [9.17, 15) is 13.2 Å². The average molecular weight is 484 g/mol. The second-order valence-corrected chi connectivity index (χ2v) is 10.8. The fourth-order valence-electron chi connectivity index (χ4n) is 3.69. The van der Waals surface area contributed by atoms with E-state index in [0.29, 0.717) is 11.3 Å². The molecule has 1 amide bonds. The monoisotopic (exact) mass is 483 g/mol. The molecule has 0 saturated carbocycles. The fourth-order valence-corrected chi connectivity index (χ4v) is 4.65. The third-order valence-corrected chi connectivity index (χ3v) is 6.54. The summed E-state index contributed by atoms with van der Waals surface area (Å²) in [4.78, 5) is 21.5. The summed E-state index contributed by atoms with van der Waals surface area (Å²) in [5.74, 6) is -0.130. The Morgan fingerprint density at radius 3 is 2.18 bits per heavy atom. The quantitative estimate of drug-likeness (QED) is 0.545.